The second kappa shape index (κ2) is 7.17. The number of nitrogens with one attached hydrogen (secondary N) is 1. The number of benzene rings is 1. The average molecular weight is 237 g/mol. The topological polar surface area (TPSA) is 30.5 Å². The summed E-state index contributed by atoms with van der Waals surface area (Å²) in [6, 6.07) is 6.40. The highest BCUT2D eigenvalue weighted by Crippen LogP contribution is 2.27. The summed E-state index contributed by atoms with van der Waals surface area (Å²) in [6.07, 6.45) is 2.19. The molecule has 3 nitrogen and oxygen atoms in total. The standard InChI is InChI=1S/C14H23NO2/c1-5-7-15-14(6-2)11-8-12(16-3)10-13(9-11)17-4/h8-10,14-15H,5-7H2,1-4H3. The molecule has 0 aliphatic carbocycles. The Kier molecular flexibility index (Phi) is 5.84. The molecule has 1 unspecified atom stereocenters. The molecule has 96 valence electrons. The molecule has 0 saturated carbocycles. The van der Waals surface area contributed by atoms with E-state index in [0.29, 0.717) is 6.04 Å². The van der Waals surface area contributed by atoms with Crippen LogP contribution in [0.1, 0.15) is 38.3 Å². The lowest BCUT2D eigenvalue weighted by Crippen LogP contribution is -2.21. The van der Waals surface area contributed by atoms with Crippen LogP contribution < -0.4 is 14.8 Å². The van der Waals surface area contributed by atoms with E-state index < -0.39 is 0 Å². The second-order valence-electron chi connectivity index (χ2n) is 4.06. The quantitative estimate of drug-likeness (QED) is 0.790. The van der Waals surface area contributed by atoms with Crippen molar-refractivity contribution >= 4 is 0 Å². The molecule has 0 radical (unpaired) electrons. The van der Waals surface area contributed by atoms with E-state index in [1.54, 1.807) is 14.2 Å². The van der Waals surface area contributed by atoms with Gasteiger partial charge in [0.1, 0.15) is 11.5 Å². The molecule has 0 bridgehead atoms. The summed E-state index contributed by atoms with van der Waals surface area (Å²) >= 11 is 0. The molecule has 0 aromatic heterocycles. The Bertz CT molecular complexity index is 317. The van der Waals surface area contributed by atoms with E-state index in [-0.39, 0.29) is 0 Å². The van der Waals surface area contributed by atoms with E-state index in [0.717, 1.165) is 30.9 Å². The first kappa shape index (κ1) is 13.8. The fourth-order valence-electron chi connectivity index (χ4n) is 1.85. The number of ether oxygens (including phenoxy) is 2. The Morgan fingerprint density at radius 1 is 1.06 bits per heavy atom. The van der Waals surface area contributed by atoms with E-state index in [1.165, 1.54) is 5.56 Å². The average Bonchev–Trinajstić information content (AvgIpc) is 2.39. The van der Waals surface area contributed by atoms with Gasteiger partial charge in [0.25, 0.3) is 0 Å². The van der Waals surface area contributed by atoms with E-state index in [1.807, 2.05) is 6.07 Å². The molecule has 17 heavy (non-hydrogen) atoms. The van der Waals surface area contributed by atoms with Gasteiger partial charge in [-0.3, -0.25) is 0 Å². The zero-order chi connectivity index (χ0) is 12.7. The summed E-state index contributed by atoms with van der Waals surface area (Å²) in [7, 11) is 3.36. The van der Waals surface area contributed by atoms with Crippen molar-refractivity contribution in [3.8, 4) is 11.5 Å². The first-order chi connectivity index (χ1) is 8.24. The van der Waals surface area contributed by atoms with Crippen LogP contribution in [0.4, 0.5) is 0 Å². The molecule has 0 fully saturated rings. The molecule has 1 N–H and O–H groups in total. The van der Waals surface area contributed by atoms with E-state index in [2.05, 4.69) is 31.3 Å². The Balaban J connectivity index is 2.92. The highest BCUT2D eigenvalue weighted by molar-refractivity contribution is 5.39. The van der Waals surface area contributed by atoms with Gasteiger partial charge >= 0.3 is 0 Å². The van der Waals surface area contributed by atoms with Gasteiger partial charge in [-0.15, -0.1) is 0 Å². The predicted octanol–water partition coefficient (Wildman–Crippen LogP) is 3.15. The Morgan fingerprint density at radius 2 is 1.65 bits per heavy atom. The molecule has 1 aromatic carbocycles. The van der Waals surface area contributed by atoms with Gasteiger partial charge in [0.15, 0.2) is 0 Å². The molecule has 0 amide bonds. The van der Waals surface area contributed by atoms with Crippen molar-refractivity contribution in [2.24, 2.45) is 0 Å². The Labute approximate surface area is 104 Å². The molecular weight excluding hydrogens is 214 g/mol. The maximum absolute atomic E-state index is 5.29. The van der Waals surface area contributed by atoms with Crippen LogP contribution in [0.5, 0.6) is 11.5 Å². The normalized spacial score (nSPS) is 12.2. The lowest BCUT2D eigenvalue weighted by molar-refractivity contribution is 0.391. The molecule has 0 spiro atoms. The second-order valence-corrected chi connectivity index (χ2v) is 4.06. The molecule has 0 saturated heterocycles. The Morgan fingerprint density at radius 3 is 2.06 bits per heavy atom. The molecular formula is C14H23NO2. The van der Waals surface area contributed by atoms with Crippen molar-refractivity contribution in [3.05, 3.63) is 23.8 Å². The van der Waals surface area contributed by atoms with Gasteiger partial charge in [-0.1, -0.05) is 13.8 Å². The van der Waals surface area contributed by atoms with Gasteiger partial charge in [-0.25, -0.2) is 0 Å². The third-order valence-electron chi connectivity index (χ3n) is 2.83. The zero-order valence-corrected chi connectivity index (χ0v) is 11.2. The van der Waals surface area contributed by atoms with Crippen LogP contribution in [-0.2, 0) is 0 Å². The molecule has 0 aliphatic rings. The summed E-state index contributed by atoms with van der Waals surface area (Å²) in [5.41, 5.74) is 1.22. The highest BCUT2D eigenvalue weighted by Gasteiger charge is 2.11. The monoisotopic (exact) mass is 237 g/mol. The van der Waals surface area contributed by atoms with Crippen molar-refractivity contribution in [2.45, 2.75) is 32.7 Å². The first-order valence-corrected chi connectivity index (χ1v) is 6.21. The lowest BCUT2D eigenvalue weighted by atomic mass is 10.0. The predicted molar refractivity (Wildman–Crippen MR) is 70.9 cm³/mol. The summed E-state index contributed by atoms with van der Waals surface area (Å²) in [4.78, 5) is 0. The number of hydrogen-bond donors (Lipinski definition) is 1. The minimum atomic E-state index is 0.360. The molecule has 1 aromatic rings. The minimum absolute atomic E-state index is 0.360. The summed E-state index contributed by atoms with van der Waals surface area (Å²) in [6.45, 7) is 5.38. The molecule has 3 heteroatoms. The van der Waals surface area contributed by atoms with Gasteiger partial charge in [0.2, 0.25) is 0 Å². The third-order valence-corrected chi connectivity index (χ3v) is 2.83. The van der Waals surface area contributed by atoms with E-state index in [9.17, 15) is 0 Å². The highest BCUT2D eigenvalue weighted by atomic mass is 16.5. The SMILES string of the molecule is CCCNC(CC)c1cc(OC)cc(OC)c1. The van der Waals surface area contributed by atoms with Crippen molar-refractivity contribution in [1.29, 1.82) is 0 Å². The molecule has 0 heterocycles. The zero-order valence-electron chi connectivity index (χ0n) is 11.2. The van der Waals surface area contributed by atoms with Crippen LogP contribution in [0.3, 0.4) is 0 Å². The van der Waals surface area contributed by atoms with Gasteiger partial charge in [-0.05, 0) is 37.1 Å². The van der Waals surface area contributed by atoms with Crippen LogP contribution >= 0.6 is 0 Å². The molecule has 0 aliphatic heterocycles. The van der Waals surface area contributed by atoms with Crippen molar-refractivity contribution in [3.63, 3.8) is 0 Å². The van der Waals surface area contributed by atoms with Crippen molar-refractivity contribution < 1.29 is 9.47 Å². The van der Waals surface area contributed by atoms with E-state index >= 15 is 0 Å². The maximum Gasteiger partial charge on any atom is 0.122 e. The van der Waals surface area contributed by atoms with E-state index in [4.69, 9.17) is 9.47 Å². The van der Waals surface area contributed by atoms with Crippen LogP contribution in [0.15, 0.2) is 18.2 Å². The largest absolute Gasteiger partial charge is 0.497 e. The fourth-order valence-corrected chi connectivity index (χ4v) is 1.85. The molecule has 1 rings (SSSR count). The van der Waals surface area contributed by atoms with Crippen molar-refractivity contribution in [2.75, 3.05) is 20.8 Å². The Hall–Kier alpha value is -1.22. The first-order valence-electron chi connectivity index (χ1n) is 6.21. The number of rotatable bonds is 7. The molecule has 1 atom stereocenters. The van der Waals surface area contributed by atoms with Gasteiger partial charge in [0, 0.05) is 12.1 Å². The van der Waals surface area contributed by atoms with Crippen LogP contribution in [-0.4, -0.2) is 20.8 Å². The van der Waals surface area contributed by atoms with Crippen LogP contribution in [0.25, 0.3) is 0 Å². The lowest BCUT2D eigenvalue weighted by Gasteiger charge is -2.18. The van der Waals surface area contributed by atoms with Gasteiger partial charge in [0.05, 0.1) is 14.2 Å². The summed E-state index contributed by atoms with van der Waals surface area (Å²) < 4.78 is 10.6. The fraction of sp³-hybridized carbons (Fsp3) is 0.571. The maximum atomic E-state index is 5.29. The summed E-state index contributed by atoms with van der Waals surface area (Å²) in [5, 5.41) is 3.53. The van der Waals surface area contributed by atoms with Crippen LogP contribution in [0, 0.1) is 0 Å². The number of hydrogen-bond acceptors (Lipinski definition) is 3. The number of methoxy groups -OCH3 is 2. The van der Waals surface area contributed by atoms with Gasteiger partial charge < -0.3 is 14.8 Å². The van der Waals surface area contributed by atoms with Crippen molar-refractivity contribution in [1.82, 2.24) is 5.32 Å². The smallest absolute Gasteiger partial charge is 0.122 e. The minimum Gasteiger partial charge on any atom is -0.497 e. The third kappa shape index (κ3) is 3.93. The summed E-state index contributed by atoms with van der Waals surface area (Å²) in [5.74, 6) is 1.69. The van der Waals surface area contributed by atoms with Gasteiger partial charge in [-0.2, -0.15) is 0 Å². The van der Waals surface area contributed by atoms with Crippen LogP contribution in [0.2, 0.25) is 0 Å².